The maximum absolute atomic E-state index is 11.1. The third kappa shape index (κ3) is 2.48. The molecule has 0 N–H and O–H groups in total. The number of fused-ring (bicyclic) bond motifs is 1. The van der Waals surface area contributed by atoms with Gasteiger partial charge in [0, 0.05) is 35.6 Å². The monoisotopic (exact) mass is 227 g/mol. The average molecular weight is 227 g/mol. The number of nitrogens with zero attached hydrogens (tertiary/aromatic N) is 1. The summed E-state index contributed by atoms with van der Waals surface area (Å²) < 4.78 is 6.78. The smallest absolute Gasteiger partial charge is 0.384 e. The van der Waals surface area contributed by atoms with E-state index in [0.717, 1.165) is 16.5 Å². The highest BCUT2D eigenvalue weighted by Crippen LogP contribution is 2.15. The molecule has 1 heterocycles. The van der Waals surface area contributed by atoms with Crippen molar-refractivity contribution in [2.45, 2.75) is 6.92 Å². The molecule has 0 atom stereocenters. The zero-order chi connectivity index (χ0) is 12.3. The van der Waals surface area contributed by atoms with Crippen molar-refractivity contribution in [3.05, 3.63) is 36.0 Å². The van der Waals surface area contributed by atoms with Gasteiger partial charge in [-0.05, 0) is 31.2 Å². The second kappa shape index (κ2) is 4.75. The summed E-state index contributed by atoms with van der Waals surface area (Å²) in [5, 5.41) is 1.11. The van der Waals surface area contributed by atoms with Crippen LogP contribution in [-0.4, -0.2) is 17.1 Å². The highest BCUT2D eigenvalue weighted by Gasteiger charge is 1.98. The summed E-state index contributed by atoms with van der Waals surface area (Å²) in [6, 6.07) is 7.87. The minimum atomic E-state index is -0.486. The summed E-state index contributed by atoms with van der Waals surface area (Å²) >= 11 is 0. The van der Waals surface area contributed by atoms with E-state index in [4.69, 9.17) is 4.74 Å². The molecule has 0 aliphatic rings. The van der Waals surface area contributed by atoms with E-state index in [9.17, 15) is 4.79 Å². The van der Waals surface area contributed by atoms with Gasteiger partial charge in [0.05, 0.1) is 6.61 Å². The van der Waals surface area contributed by atoms with Gasteiger partial charge in [0.25, 0.3) is 0 Å². The Morgan fingerprint density at radius 3 is 3.00 bits per heavy atom. The molecule has 1 aromatic heterocycles. The SMILES string of the molecule is CCOC(=O)C#Cc1ccc2c(ccn2C)c1. The number of hydrogen-bond acceptors (Lipinski definition) is 2. The third-order valence-corrected chi connectivity index (χ3v) is 2.47. The predicted molar refractivity (Wildman–Crippen MR) is 66.4 cm³/mol. The Morgan fingerprint density at radius 1 is 1.41 bits per heavy atom. The first kappa shape index (κ1) is 11.3. The van der Waals surface area contributed by atoms with Crippen LogP contribution in [0.3, 0.4) is 0 Å². The number of hydrogen-bond donors (Lipinski definition) is 0. The van der Waals surface area contributed by atoms with Crippen molar-refractivity contribution in [2.24, 2.45) is 7.05 Å². The number of aryl methyl sites for hydroxylation is 1. The first-order valence-electron chi connectivity index (χ1n) is 5.44. The van der Waals surface area contributed by atoms with E-state index in [1.807, 2.05) is 42.1 Å². The van der Waals surface area contributed by atoms with Gasteiger partial charge in [-0.1, -0.05) is 5.92 Å². The van der Waals surface area contributed by atoms with Crippen molar-refractivity contribution in [1.82, 2.24) is 4.57 Å². The van der Waals surface area contributed by atoms with Crippen molar-refractivity contribution in [3.8, 4) is 11.8 Å². The van der Waals surface area contributed by atoms with Crippen LogP contribution in [0.25, 0.3) is 10.9 Å². The molecule has 0 radical (unpaired) electrons. The summed E-state index contributed by atoms with van der Waals surface area (Å²) in [7, 11) is 1.99. The minimum Gasteiger partial charge on any atom is -0.456 e. The van der Waals surface area contributed by atoms with Crippen molar-refractivity contribution >= 4 is 16.9 Å². The van der Waals surface area contributed by atoms with E-state index in [0.29, 0.717) is 6.61 Å². The normalized spacial score (nSPS) is 9.76. The van der Waals surface area contributed by atoms with Gasteiger partial charge in [-0.25, -0.2) is 4.79 Å². The topological polar surface area (TPSA) is 31.2 Å². The van der Waals surface area contributed by atoms with Gasteiger partial charge in [-0.15, -0.1) is 0 Å². The van der Waals surface area contributed by atoms with Crippen LogP contribution in [0.1, 0.15) is 12.5 Å². The molecule has 0 unspecified atom stereocenters. The van der Waals surface area contributed by atoms with Crippen molar-refractivity contribution in [3.63, 3.8) is 0 Å². The Hall–Kier alpha value is -2.21. The largest absolute Gasteiger partial charge is 0.456 e. The minimum absolute atomic E-state index is 0.352. The molecule has 3 nitrogen and oxygen atoms in total. The molecule has 0 aliphatic heterocycles. The van der Waals surface area contributed by atoms with Gasteiger partial charge >= 0.3 is 5.97 Å². The summed E-state index contributed by atoms with van der Waals surface area (Å²) in [6.07, 6.45) is 1.99. The lowest BCUT2D eigenvalue weighted by Gasteiger charge is -1.96. The number of esters is 1. The lowest BCUT2D eigenvalue weighted by molar-refractivity contribution is -0.136. The summed E-state index contributed by atoms with van der Waals surface area (Å²) in [6.45, 7) is 2.11. The molecule has 17 heavy (non-hydrogen) atoms. The van der Waals surface area contributed by atoms with Gasteiger partial charge in [-0.2, -0.15) is 0 Å². The van der Waals surface area contributed by atoms with E-state index < -0.39 is 5.97 Å². The summed E-state index contributed by atoms with van der Waals surface area (Å²) in [5.74, 6) is 4.76. The van der Waals surface area contributed by atoms with Gasteiger partial charge < -0.3 is 9.30 Å². The van der Waals surface area contributed by atoms with Crippen molar-refractivity contribution < 1.29 is 9.53 Å². The molecule has 1 aromatic carbocycles. The lowest BCUT2D eigenvalue weighted by Crippen LogP contribution is -1.99. The molecule has 0 saturated heterocycles. The summed E-state index contributed by atoms with van der Waals surface area (Å²) in [5.41, 5.74) is 1.96. The van der Waals surface area contributed by atoms with E-state index in [2.05, 4.69) is 11.8 Å². The van der Waals surface area contributed by atoms with Crippen LogP contribution in [0.15, 0.2) is 30.5 Å². The van der Waals surface area contributed by atoms with E-state index in [1.54, 1.807) is 6.92 Å². The zero-order valence-electron chi connectivity index (χ0n) is 9.86. The van der Waals surface area contributed by atoms with E-state index in [-0.39, 0.29) is 0 Å². The van der Waals surface area contributed by atoms with Crippen LogP contribution in [0.2, 0.25) is 0 Å². The number of benzene rings is 1. The second-order valence-electron chi connectivity index (χ2n) is 3.67. The quantitative estimate of drug-likeness (QED) is 0.552. The van der Waals surface area contributed by atoms with E-state index >= 15 is 0 Å². The molecule has 2 aromatic rings. The molecular weight excluding hydrogens is 214 g/mol. The molecular formula is C14H13NO2. The van der Waals surface area contributed by atoms with Crippen LogP contribution in [-0.2, 0) is 16.6 Å². The number of ether oxygens (including phenoxy) is 1. The van der Waals surface area contributed by atoms with Crippen LogP contribution >= 0.6 is 0 Å². The Kier molecular flexibility index (Phi) is 3.15. The molecule has 0 spiro atoms. The van der Waals surface area contributed by atoms with Crippen LogP contribution in [0, 0.1) is 11.8 Å². The Bertz CT molecular complexity index is 614. The fraction of sp³-hybridized carbons (Fsp3) is 0.214. The molecule has 2 rings (SSSR count). The highest BCUT2D eigenvalue weighted by atomic mass is 16.5. The van der Waals surface area contributed by atoms with Crippen LogP contribution < -0.4 is 0 Å². The highest BCUT2D eigenvalue weighted by molar-refractivity contribution is 5.89. The van der Waals surface area contributed by atoms with Gasteiger partial charge in [0.15, 0.2) is 0 Å². The Morgan fingerprint density at radius 2 is 2.24 bits per heavy atom. The predicted octanol–water partition coefficient (Wildman–Crippen LogP) is 2.09. The fourth-order valence-electron chi connectivity index (χ4n) is 1.65. The molecule has 0 saturated carbocycles. The zero-order valence-corrected chi connectivity index (χ0v) is 9.86. The molecule has 0 bridgehead atoms. The fourth-order valence-corrected chi connectivity index (χ4v) is 1.65. The molecule has 86 valence electrons. The third-order valence-electron chi connectivity index (χ3n) is 2.47. The molecule has 0 amide bonds. The Labute approximate surface area is 100.0 Å². The lowest BCUT2D eigenvalue weighted by atomic mass is 10.1. The number of rotatable bonds is 1. The van der Waals surface area contributed by atoms with E-state index in [1.165, 1.54) is 0 Å². The average Bonchev–Trinajstić information content (AvgIpc) is 2.69. The van der Waals surface area contributed by atoms with Crippen molar-refractivity contribution in [2.75, 3.05) is 6.61 Å². The van der Waals surface area contributed by atoms with Crippen LogP contribution in [0.4, 0.5) is 0 Å². The molecule has 0 fully saturated rings. The van der Waals surface area contributed by atoms with Crippen molar-refractivity contribution in [1.29, 1.82) is 0 Å². The van der Waals surface area contributed by atoms with Crippen LogP contribution in [0.5, 0.6) is 0 Å². The number of carbonyl (C=O) groups is 1. The number of aromatic nitrogens is 1. The first-order chi connectivity index (χ1) is 8.20. The Balaban J connectivity index is 2.28. The standard InChI is InChI=1S/C14H13NO2/c1-3-17-14(16)7-5-11-4-6-13-12(10-11)8-9-15(13)2/h4,6,8-10H,3H2,1-2H3. The molecule has 0 aliphatic carbocycles. The van der Waals surface area contributed by atoms with Gasteiger partial charge in [0.1, 0.15) is 0 Å². The van der Waals surface area contributed by atoms with Gasteiger partial charge in [0.2, 0.25) is 0 Å². The maximum atomic E-state index is 11.1. The summed E-state index contributed by atoms with van der Waals surface area (Å²) in [4.78, 5) is 11.1. The first-order valence-corrected chi connectivity index (χ1v) is 5.44. The van der Waals surface area contributed by atoms with Gasteiger partial charge in [-0.3, -0.25) is 0 Å². The second-order valence-corrected chi connectivity index (χ2v) is 3.67. The maximum Gasteiger partial charge on any atom is 0.384 e. The number of carbonyl (C=O) groups excluding carboxylic acids is 1. The molecule has 3 heteroatoms.